The lowest BCUT2D eigenvalue weighted by atomic mass is 10.3. The summed E-state index contributed by atoms with van der Waals surface area (Å²) in [4.78, 5) is 11.4. The van der Waals surface area contributed by atoms with Gasteiger partial charge in [0.25, 0.3) is 0 Å². The van der Waals surface area contributed by atoms with E-state index in [1.54, 1.807) is 13.8 Å². The molecule has 17 heavy (non-hydrogen) atoms. The van der Waals surface area contributed by atoms with Gasteiger partial charge in [-0.05, 0) is 26.8 Å². The summed E-state index contributed by atoms with van der Waals surface area (Å²) in [6.45, 7) is 4.49. The summed E-state index contributed by atoms with van der Waals surface area (Å²) in [5, 5.41) is 6.17. The Bertz CT molecular complexity index is 409. The number of nitrogens with one attached hydrogen (secondary N) is 1. The zero-order valence-corrected chi connectivity index (χ0v) is 9.80. The van der Waals surface area contributed by atoms with Gasteiger partial charge in [-0.1, -0.05) is 0 Å². The molecule has 96 valence electrons. The summed E-state index contributed by atoms with van der Waals surface area (Å²) in [5.74, 6) is -0.492. The highest BCUT2D eigenvalue weighted by Gasteiger charge is 2.35. The second-order valence-electron chi connectivity index (χ2n) is 4.05. The fourth-order valence-corrected chi connectivity index (χ4v) is 1.40. The van der Waals surface area contributed by atoms with E-state index in [9.17, 15) is 18.0 Å². The summed E-state index contributed by atoms with van der Waals surface area (Å²) in [5.41, 5.74) is -0.677. The minimum absolute atomic E-state index is 0.117. The van der Waals surface area contributed by atoms with Crippen LogP contribution in [0, 0.1) is 6.92 Å². The molecule has 0 aromatic carbocycles. The second-order valence-corrected chi connectivity index (χ2v) is 4.05. The molecule has 0 atom stereocenters. The normalized spacial score (nSPS) is 11.9. The van der Waals surface area contributed by atoms with Crippen LogP contribution in [0.5, 0.6) is 0 Å². The van der Waals surface area contributed by atoms with Crippen molar-refractivity contribution >= 4 is 5.91 Å². The smallest absolute Gasteiger partial charge is 0.352 e. The molecule has 0 fully saturated rings. The van der Waals surface area contributed by atoms with Crippen molar-refractivity contribution in [3.8, 4) is 0 Å². The Morgan fingerprint density at radius 2 is 2.12 bits per heavy atom. The molecule has 7 heteroatoms. The zero-order valence-electron chi connectivity index (χ0n) is 9.80. The fraction of sp³-hybridized carbons (Fsp3) is 0.600. The Labute approximate surface area is 96.8 Å². The Morgan fingerprint density at radius 1 is 1.53 bits per heavy atom. The van der Waals surface area contributed by atoms with Crippen LogP contribution in [0.4, 0.5) is 13.2 Å². The standard InChI is InChI=1S/C10H14F3N3O/c1-6(2)14-9(17)5-16-8(10(11,12)13)4-7(3)15-16/h4,6H,5H2,1-3H3,(H,14,17). The van der Waals surface area contributed by atoms with Crippen LogP contribution >= 0.6 is 0 Å². The molecular weight excluding hydrogens is 235 g/mol. The van der Waals surface area contributed by atoms with Crippen LogP contribution in [0.1, 0.15) is 25.2 Å². The molecule has 0 saturated heterocycles. The molecule has 1 aromatic rings. The summed E-state index contributed by atoms with van der Waals surface area (Å²) in [6, 6.07) is 0.802. The molecule has 0 aliphatic rings. The Hall–Kier alpha value is -1.53. The summed E-state index contributed by atoms with van der Waals surface area (Å²) >= 11 is 0. The molecule has 1 N–H and O–H groups in total. The number of alkyl halides is 3. The van der Waals surface area contributed by atoms with E-state index in [4.69, 9.17) is 0 Å². The number of rotatable bonds is 3. The number of hydrogen-bond donors (Lipinski definition) is 1. The van der Waals surface area contributed by atoms with E-state index in [1.165, 1.54) is 6.92 Å². The molecular formula is C10H14F3N3O. The van der Waals surface area contributed by atoms with Gasteiger partial charge in [-0.25, -0.2) is 0 Å². The van der Waals surface area contributed by atoms with Gasteiger partial charge in [0.1, 0.15) is 12.2 Å². The predicted molar refractivity (Wildman–Crippen MR) is 55.2 cm³/mol. The number of hydrogen-bond acceptors (Lipinski definition) is 2. The van der Waals surface area contributed by atoms with Crippen LogP contribution in [0.15, 0.2) is 6.07 Å². The number of carbonyl (C=O) groups is 1. The highest BCUT2D eigenvalue weighted by Crippen LogP contribution is 2.29. The van der Waals surface area contributed by atoms with Crippen LogP contribution in [-0.4, -0.2) is 21.7 Å². The maximum Gasteiger partial charge on any atom is 0.433 e. The lowest BCUT2D eigenvalue weighted by molar-refractivity contribution is -0.144. The topological polar surface area (TPSA) is 46.9 Å². The van der Waals surface area contributed by atoms with Gasteiger partial charge in [-0.2, -0.15) is 18.3 Å². The van der Waals surface area contributed by atoms with E-state index in [0.717, 1.165) is 6.07 Å². The van der Waals surface area contributed by atoms with Gasteiger partial charge in [0.05, 0.1) is 5.69 Å². The van der Waals surface area contributed by atoms with Crippen LogP contribution in [0.2, 0.25) is 0 Å². The summed E-state index contributed by atoms with van der Waals surface area (Å²) in [6.07, 6.45) is -4.50. The molecule has 0 unspecified atom stereocenters. The summed E-state index contributed by atoms with van der Waals surface area (Å²) < 4.78 is 38.4. The first-order chi connectivity index (χ1) is 7.70. The fourth-order valence-electron chi connectivity index (χ4n) is 1.40. The van der Waals surface area contributed by atoms with Crippen molar-refractivity contribution in [2.45, 2.75) is 39.5 Å². The number of aromatic nitrogens is 2. The van der Waals surface area contributed by atoms with Gasteiger partial charge in [0, 0.05) is 6.04 Å². The molecule has 0 bridgehead atoms. The van der Waals surface area contributed by atoms with Crippen molar-refractivity contribution in [2.75, 3.05) is 0 Å². The lowest BCUT2D eigenvalue weighted by Crippen LogP contribution is -2.34. The van der Waals surface area contributed by atoms with E-state index in [2.05, 4.69) is 10.4 Å². The Kier molecular flexibility index (Phi) is 3.79. The summed E-state index contributed by atoms with van der Waals surface area (Å²) in [7, 11) is 0. The number of aryl methyl sites for hydroxylation is 1. The van der Waals surface area contributed by atoms with E-state index >= 15 is 0 Å². The molecule has 0 saturated carbocycles. The molecule has 4 nitrogen and oxygen atoms in total. The maximum absolute atomic E-state index is 12.6. The molecule has 0 aliphatic heterocycles. The zero-order chi connectivity index (χ0) is 13.2. The van der Waals surface area contributed by atoms with E-state index in [-0.39, 0.29) is 11.7 Å². The average Bonchev–Trinajstić information content (AvgIpc) is 2.43. The number of amides is 1. The average molecular weight is 249 g/mol. The molecule has 0 aliphatic carbocycles. The molecule has 0 radical (unpaired) electrons. The van der Waals surface area contributed by atoms with Crippen molar-refractivity contribution in [1.82, 2.24) is 15.1 Å². The molecule has 1 aromatic heterocycles. The Morgan fingerprint density at radius 3 is 2.59 bits per heavy atom. The lowest BCUT2D eigenvalue weighted by Gasteiger charge is -2.11. The van der Waals surface area contributed by atoms with Crippen molar-refractivity contribution in [2.24, 2.45) is 0 Å². The van der Waals surface area contributed by atoms with Gasteiger partial charge in [-0.3, -0.25) is 9.48 Å². The Balaban J connectivity index is 2.88. The third kappa shape index (κ3) is 3.76. The van der Waals surface area contributed by atoms with Crippen molar-refractivity contribution in [3.05, 3.63) is 17.5 Å². The quantitative estimate of drug-likeness (QED) is 0.886. The van der Waals surface area contributed by atoms with Gasteiger partial charge in [0.2, 0.25) is 5.91 Å². The number of carbonyl (C=O) groups excluding carboxylic acids is 1. The van der Waals surface area contributed by atoms with E-state index < -0.39 is 24.3 Å². The monoisotopic (exact) mass is 249 g/mol. The first-order valence-electron chi connectivity index (χ1n) is 5.11. The predicted octanol–water partition coefficient (Wildman–Crippen LogP) is 1.73. The van der Waals surface area contributed by atoms with Crippen molar-refractivity contribution < 1.29 is 18.0 Å². The second kappa shape index (κ2) is 4.77. The van der Waals surface area contributed by atoms with Gasteiger partial charge >= 0.3 is 6.18 Å². The van der Waals surface area contributed by atoms with Crippen LogP contribution in [0.3, 0.4) is 0 Å². The molecule has 1 rings (SSSR count). The van der Waals surface area contributed by atoms with E-state index in [1.807, 2.05) is 0 Å². The van der Waals surface area contributed by atoms with Crippen molar-refractivity contribution in [1.29, 1.82) is 0 Å². The van der Waals surface area contributed by atoms with Crippen LogP contribution in [0.25, 0.3) is 0 Å². The van der Waals surface area contributed by atoms with Crippen molar-refractivity contribution in [3.63, 3.8) is 0 Å². The molecule has 1 amide bonds. The highest BCUT2D eigenvalue weighted by atomic mass is 19.4. The highest BCUT2D eigenvalue weighted by molar-refractivity contribution is 5.75. The SMILES string of the molecule is Cc1cc(C(F)(F)F)n(CC(=O)NC(C)C)n1. The third-order valence-corrected chi connectivity index (χ3v) is 1.94. The number of halogens is 3. The maximum atomic E-state index is 12.6. The first-order valence-corrected chi connectivity index (χ1v) is 5.11. The van der Waals surface area contributed by atoms with Gasteiger partial charge in [0.15, 0.2) is 0 Å². The minimum Gasteiger partial charge on any atom is -0.352 e. The first kappa shape index (κ1) is 13.5. The van der Waals surface area contributed by atoms with Crippen LogP contribution < -0.4 is 5.32 Å². The molecule has 1 heterocycles. The van der Waals surface area contributed by atoms with Gasteiger partial charge in [-0.15, -0.1) is 0 Å². The third-order valence-electron chi connectivity index (χ3n) is 1.94. The minimum atomic E-state index is -4.50. The van der Waals surface area contributed by atoms with E-state index in [0.29, 0.717) is 4.68 Å². The number of nitrogens with zero attached hydrogens (tertiary/aromatic N) is 2. The van der Waals surface area contributed by atoms with Gasteiger partial charge < -0.3 is 5.32 Å². The molecule has 0 spiro atoms. The van der Waals surface area contributed by atoms with Crippen LogP contribution in [-0.2, 0) is 17.5 Å². The largest absolute Gasteiger partial charge is 0.433 e.